The molecular formula is C21H29BrO4. The third-order valence-corrected chi connectivity index (χ3v) is 4.83. The van der Waals surface area contributed by atoms with Gasteiger partial charge in [-0.1, -0.05) is 50.1 Å². The van der Waals surface area contributed by atoms with E-state index in [4.69, 9.17) is 0 Å². The molecule has 1 aliphatic rings. The molecule has 0 bridgehead atoms. The minimum Gasteiger partial charge on any atom is -0.469 e. The van der Waals surface area contributed by atoms with E-state index in [-0.39, 0.29) is 11.8 Å². The summed E-state index contributed by atoms with van der Waals surface area (Å²) in [4.78, 5) is 23.3. The second-order valence-corrected chi connectivity index (χ2v) is 7.25. The summed E-state index contributed by atoms with van der Waals surface area (Å²) in [6.07, 6.45) is 17.5. The predicted molar refractivity (Wildman–Crippen MR) is 108 cm³/mol. The van der Waals surface area contributed by atoms with Gasteiger partial charge in [-0.05, 0) is 47.7 Å². The van der Waals surface area contributed by atoms with Gasteiger partial charge in [0.15, 0.2) is 5.78 Å². The Kier molecular flexibility index (Phi) is 10.4. The molecule has 1 aliphatic carbocycles. The molecule has 0 aromatic rings. The monoisotopic (exact) mass is 424 g/mol. The summed E-state index contributed by atoms with van der Waals surface area (Å²) in [5.41, 5.74) is -0.903. The van der Waals surface area contributed by atoms with Gasteiger partial charge in [-0.3, -0.25) is 9.59 Å². The third-order valence-electron chi connectivity index (χ3n) is 4.24. The summed E-state index contributed by atoms with van der Waals surface area (Å²) in [6.45, 7) is 2.17. The van der Waals surface area contributed by atoms with Crippen LogP contribution in [0.4, 0.5) is 0 Å². The topological polar surface area (TPSA) is 63.6 Å². The maximum atomic E-state index is 12.3. The number of hydrogen-bond donors (Lipinski definition) is 1. The molecule has 144 valence electrons. The maximum absolute atomic E-state index is 12.3. The minimum atomic E-state index is -1.27. The van der Waals surface area contributed by atoms with Crippen molar-refractivity contribution in [3.05, 3.63) is 46.5 Å². The quantitative estimate of drug-likeness (QED) is 0.221. The van der Waals surface area contributed by atoms with Crippen molar-refractivity contribution in [1.82, 2.24) is 0 Å². The highest BCUT2D eigenvalue weighted by Crippen LogP contribution is 2.36. The molecule has 0 amide bonds. The Morgan fingerprint density at radius 2 is 1.96 bits per heavy atom. The molecule has 0 aromatic heterocycles. The molecule has 1 N–H and O–H groups in total. The van der Waals surface area contributed by atoms with Crippen molar-refractivity contribution < 1.29 is 19.4 Å². The molecule has 0 aromatic carbocycles. The van der Waals surface area contributed by atoms with Crippen LogP contribution in [0.15, 0.2) is 46.5 Å². The normalized spacial score (nSPS) is 21.9. The lowest BCUT2D eigenvalue weighted by atomic mass is 9.92. The van der Waals surface area contributed by atoms with E-state index >= 15 is 0 Å². The Morgan fingerprint density at radius 3 is 2.65 bits per heavy atom. The van der Waals surface area contributed by atoms with Gasteiger partial charge >= 0.3 is 5.97 Å². The summed E-state index contributed by atoms with van der Waals surface area (Å²) >= 11 is 3.23. The number of rotatable bonds is 11. The van der Waals surface area contributed by atoms with Crippen LogP contribution in [0.25, 0.3) is 0 Å². The zero-order valence-corrected chi connectivity index (χ0v) is 17.3. The van der Waals surface area contributed by atoms with Crippen LogP contribution in [-0.2, 0) is 14.3 Å². The first-order valence-electron chi connectivity index (χ1n) is 9.19. The summed E-state index contributed by atoms with van der Waals surface area (Å²) < 4.78 is 4.98. The van der Waals surface area contributed by atoms with Gasteiger partial charge in [-0.2, -0.15) is 0 Å². The van der Waals surface area contributed by atoms with E-state index in [0.29, 0.717) is 35.7 Å². The average Bonchev–Trinajstić information content (AvgIpc) is 2.83. The lowest BCUT2D eigenvalue weighted by Gasteiger charge is -2.20. The fraction of sp³-hybridized carbons (Fsp3) is 0.524. The smallest absolute Gasteiger partial charge is 0.305 e. The average molecular weight is 425 g/mol. The molecule has 0 heterocycles. The van der Waals surface area contributed by atoms with Crippen molar-refractivity contribution in [2.24, 2.45) is 0 Å². The molecule has 0 fully saturated rings. The van der Waals surface area contributed by atoms with E-state index in [1.807, 2.05) is 12.2 Å². The second kappa shape index (κ2) is 12.0. The zero-order valence-electron chi connectivity index (χ0n) is 15.7. The summed E-state index contributed by atoms with van der Waals surface area (Å²) in [6, 6.07) is 0. The predicted octanol–water partition coefficient (Wildman–Crippen LogP) is 4.93. The second-order valence-electron chi connectivity index (χ2n) is 6.39. The fourth-order valence-electron chi connectivity index (χ4n) is 2.69. The molecule has 0 saturated heterocycles. The van der Waals surface area contributed by atoms with Crippen molar-refractivity contribution >= 4 is 27.7 Å². The lowest BCUT2D eigenvalue weighted by molar-refractivity contribution is -0.140. The molecule has 0 radical (unpaired) electrons. The van der Waals surface area contributed by atoms with E-state index in [1.54, 1.807) is 18.2 Å². The van der Waals surface area contributed by atoms with Gasteiger partial charge in [-0.25, -0.2) is 0 Å². The van der Waals surface area contributed by atoms with Gasteiger partial charge in [0, 0.05) is 18.4 Å². The van der Waals surface area contributed by atoms with Gasteiger partial charge in [0.25, 0.3) is 0 Å². The highest BCUT2D eigenvalue weighted by molar-refractivity contribution is 9.12. The van der Waals surface area contributed by atoms with Gasteiger partial charge in [-0.15, -0.1) is 0 Å². The van der Waals surface area contributed by atoms with Crippen LogP contribution in [0.2, 0.25) is 0 Å². The number of esters is 1. The van der Waals surface area contributed by atoms with Crippen LogP contribution in [0.3, 0.4) is 0 Å². The first-order chi connectivity index (χ1) is 12.4. The number of methoxy groups -OCH3 is 1. The number of unbranched alkanes of at least 4 members (excludes halogenated alkanes) is 4. The summed E-state index contributed by atoms with van der Waals surface area (Å²) in [7, 11) is 1.37. The number of carbonyl (C=O) groups excluding carboxylic acids is 2. The molecule has 0 spiro atoms. The van der Waals surface area contributed by atoms with E-state index in [0.717, 1.165) is 12.8 Å². The molecule has 0 aliphatic heterocycles. The third kappa shape index (κ3) is 7.42. The van der Waals surface area contributed by atoms with Crippen molar-refractivity contribution in [3.63, 3.8) is 0 Å². The van der Waals surface area contributed by atoms with Gasteiger partial charge in [0.05, 0.1) is 11.6 Å². The Morgan fingerprint density at radius 1 is 1.23 bits per heavy atom. The van der Waals surface area contributed by atoms with Crippen LogP contribution in [0.5, 0.6) is 0 Å². The summed E-state index contributed by atoms with van der Waals surface area (Å²) in [5, 5.41) is 10.9. The Balaban J connectivity index is 2.62. The highest BCUT2D eigenvalue weighted by atomic mass is 79.9. The van der Waals surface area contributed by atoms with E-state index in [1.165, 1.54) is 20.0 Å². The number of carbonyl (C=O) groups is 2. The van der Waals surface area contributed by atoms with Crippen molar-refractivity contribution in [3.8, 4) is 0 Å². The molecule has 0 saturated carbocycles. The Labute approximate surface area is 164 Å². The van der Waals surface area contributed by atoms with Gasteiger partial charge < -0.3 is 9.84 Å². The van der Waals surface area contributed by atoms with Crippen molar-refractivity contribution in [2.75, 3.05) is 7.11 Å². The van der Waals surface area contributed by atoms with Crippen LogP contribution in [0, 0.1) is 0 Å². The molecule has 4 nitrogen and oxygen atoms in total. The number of allylic oxidation sites excluding steroid dienone is 5. The minimum absolute atomic E-state index is 0.189. The Hall–Kier alpha value is -1.46. The number of aliphatic hydroxyl groups is 1. The fourth-order valence-corrected chi connectivity index (χ4v) is 3.28. The van der Waals surface area contributed by atoms with E-state index in [2.05, 4.69) is 33.7 Å². The molecule has 0 unspecified atom stereocenters. The SMILES string of the molecule is CCCCC/C=C\C[C@]1(O)C=C(Br)C(=O)C1=C/C=C/CCCC(=O)OC. The van der Waals surface area contributed by atoms with Crippen LogP contribution in [-0.4, -0.2) is 29.6 Å². The molecule has 5 heteroatoms. The van der Waals surface area contributed by atoms with E-state index < -0.39 is 5.60 Å². The maximum Gasteiger partial charge on any atom is 0.305 e. The van der Waals surface area contributed by atoms with E-state index in [9.17, 15) is 14.7 Å². The number of Topliss-reactive ketones (excluding diaryl/α,β-unsaturated/α-hetero) is 1. The Bertz CT molecular complexity index is 601. The number of hydrogen-bond acceptors (Lipinski definition) is 4. The standard InChI is InChI=1S/C21H29BrO4/c1-3-4-5-6-9-12-15-21(25)16-18(22)20(24)17(21)13-10-7-8-11-14-19(23)26-2/h7,9-10,12-13,16,25H,3-6,8,11,14-15H2,1-2H3/b10-7+,12-9-,17-13?/t21-/m0/s1. The summed E-state index contributed by atoms with van der Waals surface area (Å²) in [5.74, 6) is -0.415. The van der Waals surface area contributed by atoms with Crippen LogP contribution >= 0.6 is 15.9 Å². The zero-order chi connectivity index (χ0) is 19.4. The number of halogens is 1. The molecular weight excluding hydrogens is 396 g/mol. The first kappa shape index (κ1) is 22.6. The highest BCUT2D eigenvalue weighted by Gasteiger charge is 2.39. The molecule has 26 heavy (non-hydrogen) atoms. The number of ketones is 1. The first-order valence-corrected chi connectivity index (χ1v) is 9.98. The van der Waals surface area contributed by atoms with Crippen molar-refractivity contribution in [2.45, 2.75) is 63.9 Å². The largest absolute Gasteiger partial charge is 0.469 e. The molecule has 1 rings (SSSR count). The van der Waals surface area contributed by atoms with Crippen molar-refractivity contribution in [1.29, 1.82) is 0 Å². The van der Waals surface area contributed by atoms with Gasteiger partial charge in [0.2, 0.25) is 0 Å². The van der Waals surface area contributed by atoms with Crippen LogP contribution < -0.4 is 0 Å². The number of ether oxygens (including phenoxy) is 1. The van der Waals surface area contributed by atoms with Gasteiger partial charge in [0.1, 0.15) is 5.60 Å². The molecule has 1 atom stereocenters. The lowest BCUT2D eigenvalue weighted by Crippen LogP contribution is -2.27. The van der Waals surface area contributed by atoms with Crippen LogP contribution in [0.1, 0.15) is 58.3 Å².